The van der Waals surface area contributed by atoms with Gasteiger partial charge in [0.15, 0.2) is 0 Å². The number of nitrogens with zero attached hydrogens (tertiary/aromatic N) is 1. The topological polar surface area (TPSA) is 15.3 Å². The van der Waals surface area contributed by atoms with Crippen LogP contribution in [-0.2, 0) is 0 Å². The van der Waals surface area contributed by atoms with E-state index in [1.165, 1.54) is 63.8 Å². The molecule has 1 N–H and O–H groups in total. The Morgan fingerprint density at radius 1 is 1.24 bits per heavy atom. The SMILES string of the molecule is CCCCN(CCC(C)c1ccccc1)CC1CCCN1. The van der Waals surface area contributed by atoms with E-state index in [2.05, 4.69) is 54.4 Å². The van der Waals surface area contributed by atoms with Gasteiger partial charge in [-0.2, -0.15) is 0 Å². The van der Waals surface area contributed by atoms with Gasteiger partial charge in [-0.05, 0) is 56.8 Å². The molecule has 1 saturated heterocycles. The molecule has 0 aromatic heterocycles. The zero-order valence-electron chi connectivity index (χ0n) is 13.9. The van der Waals surface area contributed by atoms with Crippen LogP contribution in [0, 0.1) is 0 Å². The molecule has 1 aliphatic rings. The minimum atomic E-state index is 0.659. The van der Waals surface area contributed by atoms with Crippen LogP contribution in [-0.4, -0.2) is 37.1 Å². The second-order valence-corrected chi connectivity index (χ2v) is 6.55. The number of benzene rings is 1. The van der Waals surface area contributed by atoms with Gasteiger partial charge >= 0.3 is 0 Å². The first-order valence-corrected chi connectivity index (χ1v) is 8.80. The van der Waals surface area contributed by atoms with Crippen LogP contribution in [0.25, 0.3) is 0 Å². The first-order chi connectivity index (χ1) is 10.3. The average Bonchev–Trinajstić information content (AvgIpc) is 3.03. The van der Waals surface area contributed by atoms with Crippen LogP contribution in [0.15, 0.2) is 30.3 Å². The van der Waals surface area contributed by atoms with E-state index >= 15 is 0 Å². The highest BCUT2D eigenvalue weighted by molar-refractivity contribution is 5.18. The Morgan fingerprint density at radius 2 is 2.05 bits per heavy atom. The van der Waals surface area contributed by atoms with Crippen molar-refractivity contribution in [2.45, 2.75) is 57.9 Å². The van der Waals surface area contributed by atoms with E-state index in [9.17, 15) is 0 Å². The smallest absolute Gasteiger partial charge is 0.0195 e. The maximum absolute atomic E-state index is 3.64. The lowest BCUT2D eigenvalue weighted by molar-refractivity contribution is 0.238. The summed E-state index contributed by atoms with van der Waals surface area (Å²) in [6.07, 6.45) is 6.60. The molecule has 0 bridgehead atoms. The summed E-state index contributed by atoms with van der Waals surface area (Å²) in [6.45, 7) is 9.60. The van der Waals surface area contributed by atoms with E-state index < -0.39 is 0 Å². The first-order valence-electron chi connectivity index (χ1n) is 8.80. The monoisotopic (exact) mass is 288 g/mol. The van der Waals surface area contributed by atoms with Gasteiger partial charge in [0.1, 0.15) is 0 Å². The molecule has 21 heavy (non-hydrogen) atoms. The molecule has 0 amide bonds. The fraction of sp³-hybridized carbons (Fsp3) is 0.684. The second kappa shape index (κ2) is 9.22. The van der Waals surface area contributed by atoms with Crippen LogP contribution in [0.3, 0.4) is 0 Å². The van der Waals surface area contributed by atoms with Crippen LogP contribution in [0.1, 0.15) is 57.4 Å². The molecule has 2 nitrogen and oxygen atoms in total. The summed E-state index contributed by atoms with van der Waals surface area (Å²) in [4.78, 5) is 2.69. The number of hydrogen-bond donors (Lipinski definition) is 1. The summed E-state index contributed by atoms with van der Waals surface area (Å²) < 4.78 is 0. The predicted octanol–water partition coefficient (Wildman–Crippen LogP) is 4.03. The average molecular weight is 288 g/mol. The molecule has 2 atom stereocenters. The minimum absolute atomic E-state index is 0.659. The highest BCUT2D eigenvalue weighted by Gasteiger charge is 2.18. The van der Waals surface area contributed by atoms with E-state index in [0.29, 0.717) is 5.92 Å². The van der Waals surface area contributed by atoms with E-state index in [1.807, 2.05) is 0 Å². The molecule has 0 spiro atoms. The van der Waals surface area contributed by atoms with Crippen molar-refractivity contribution < 1.29 is 0 Å². The van der Waals surface area contributed by atoms with Crippen LogP contribution in [0.5, 0.6) is 0 Å². The van der Waals surface area contributed by atoms with E-state index in [1.54, 1.807) is 0 Å². The molecule has 1 fully saturated rings. The number of rotatable bonds is 9. The maximum Gasteiger partial charge on any atom is 0.0195 e. The Kier molecular flexibility index (Phi) is 7.25. The van der Waals surface area contributed by atoms with Gasteiger partial charge in [-0.25, -0.2) is 0 Å². The van der Waals surface area contributed by atoms with Gasteiger partial charge in [-0.1, -0.05) is 50.6 Å². The summed E-state index contributed by atoms with van der Waals surface area (Å²) in [5.74, 6) is 0.659. The summed E-state index contributed by atoms with van der Waals surface area (Å²) in [5.41, 5.74) is 1.48. The lowest BCUT2D eigenvalue weighted by Crippen LogP contribution is -2.38. The summed E-state index contributed by atoms with van der Waals surface area (Å²) in [5, 5.41) is 3.64. The molecule has 0 aliphatic carbocycles. The number of nitrogens with one attached hydrogen (secondary N) is 1. The highest BCUT2D eigenvalue weighted by Crippen LogP contribution is 2.19. The molecular formula is C19H32N2. The largest absolute Gasteiger partial charge is 0.313 e. The van der Waals surface area contributed by atoms with Crippen molar-refractivity contribution in [3.63, 3.8) is 0 Å². The lowest BCUT2D eigenvalue weighted by atomic mass is 9.97. The number of unbranched alkanes of at least 4 members (excludes halogenated alkanes) is 1. The van der Waals surface area contributed by atoms with Gasteiger partial charge in [0.25, 0.3) is 0 Å². The van der Waals surface area contributed by atoms with Crippen LogP contribution < -0.4 is 5.32 Å². The van der Waals surface area contributed by atoms with Crippen molar-refractivity contribution in [1.29, 1.82) is 0 Å². The van der Waals surface area contributed by atoms with Gasteiger partial charge in [0, 0.05) is 12.6 Å². The summed E-state index contributed by atoms with van der Waals surface area (Å²) in [6, 6.07) is 11.7. The quantitative estimate of drug-likeness (QED) is 0.738. The highest BCUT2D eigenvalue weighted by atomic mass is 15.1. The third-order valence-corrected chi connectivity index (χ3v) is 4.72. The minimum Gasteiger partial charge on any atom is -0.313 e. The molecule has 1 aliphatic heterocycles. The standard InChI is InChI=1S/C19H32N2/c1-3-4-14-21(16-19-11-8-13-20-19)15-12-17(2)18-9-6-5-7-10-18/h5-7,9-10,17,19-20H,3-4,8,11-16H2,1-2H3. The fourth-order valence-electron chi connectivity index (χ4n) is 3.22. The Morgan fingerprint density at radius 3 is 2.71 bits per heavy atom. The van der Waals surface area contributed by atoms with Crippen molar-refractivity contribution in [2.24, 2.45) is 0 Å². The van der Waals surface area contributed by atoms with Crippen molar-refractivity contribution in [1.82, 2.24) is 10.2 Å². The molecule has 1 heterocycles. The molecule has 2 unspecified atom stereocenters. The molecule has 1 aromatic carbocycles. The second-order valence-electron chi connectivity index (χ2n) is 6.55. The Bertz CT molecular complexity index is 370. The third-order valence-electron chi connectivity index (χ3n) is 4.72. The molecule has 2 heteroatoms. The lowest BCUT2D eigenvalue weighted by Gasteiger charge is -2.27. The van der Waals surface area contributed by atoms with Gasteiger partial charge in [-0.15, -0.1) is 0 Å². The van der Waals surface area contributed by atoms with E-state index in [0.717, 1.165) is 6.04 Å². The Labute approximate surface area is 130 Å². The van der Waals surface area contributed by atoms with E-state index in [4.69, 9.17) is 0 Å². The molecule has 2 rings (SSSR count). The summed E-state index contributed by atoms with van der Waals surface area (Å²) >= 11 is 0. The van der Waals surface area contributed by atoms with Gasteiger partial charge in [0.05, 0.1) is 0 Å². The van der Waals surface area contributed by atoms with Gasteiger partial charge < -0.3 is 10.2 Å². The van der Waals surface area contributed by atoms with Crippen molar-refractivity contribution >= 4 is 0 Å². The predicted molar refractivity (Wildman–Crippen MR) is 91.8 cm³/mol. The van der Waals surface area contributed by atoms with E-state index in [-0.39, 0.29) is 0 Å². The van der Waals surface area contributed by atoms with Gasteiger partial charge in [0.2, 0.25) is 0 Å². The van der Waals surface area contributed by atoms with Crippen molar-refractivity contribution in [3.8, 4) is 0 Å². The Balaban J connectivity index is 1.79. The van der Waals surface area contributed by atoms with Crippen molar-refractivity contribution in [3.05, 3.63) is 35.9 Å². The first kappa shape index (κ1) is 16.5. The fourth-order valence-corrected chi connectivity index (χ4v) is 3.22. The number of hydrogen-bond acceptors (Lipinski definition) is 2. The van der Waals surface area contributed by atoms with Crippen LogP contribution in [0.4, 0.5) is 0 Å². The zero-order chi connectivity index (χ0) is 14.9. The molecule has 0 radical (unpaired) electrons. The Hall–Kier alpha value is -0.860. The third kappa shape index (κ3) is 5.80. The molecule has 0 saturated carbocycles. The van der Waals surface area contributed by atoms with Crippen LogP contribution in [0.2, 0.25) is 0 Å². The maximum atomic E-state index is 3.64. The normalized spacial score (nSPS) is 20.0. The molecular weight excluding hydrogens is 256 g/mol. The van der Waals surface area contributed by atoms with Crippen molar-refractivity contribution in [2.75, 3.05) is 26.2 Å². The van der Waals surface area contributed by atoms with Gasteiger partial charge in [-0.3, -0.25) is 0 Å². The molecule has 1 aromatic rings. The van der Waals surface area contributed by atoms with Crippen LogP contribution >= 0.6 is 0 Å². The zero-order valence-corrected chi connectivity index (χ0v) is 13.9. The summed E-state index contributed by atoms with van der Waals surface area (Å²) in [7, 11) is 0. The molecule has 118 valence electrons.